The van der Waals surface area contributed by atoms with Crippen LogP contribution in [0.3, 0.4) is 0 Å². The lowest BCUT2D eigenvalue weighted by Gasteiger charge is -2.18. The average molecular weight is 291 g/mol. The van der Waals surface area contributed by atoms with Crippen LogP contribution >= 0.6 is 11.3 Å². The molecule has 0 unspecified atom stereocenters. The van der Waals surface area contributed by atoms with Crippen LogP contribution < -0.4 is 4.90 Å². The predicted molar refractivity (Wildman–Crippen MR) is 79.5 cm³/mol. The van der Waals surface area contributed by atoms with E-state index in [1.807, 2.05) is 24.1 Å². The Morgan fingerprint density at radius 2 is 2.10 bits per heavy atom. The number of hydrogen-bond donors (Lipinski definition) is 1. The van der Waals surface area contributed by atoms with Gasteiger partial charge in [-0.3, -0.25) is 0 Å². The van der Waals surface area contributed by atoms with Gasteiger partial charge in [0.1, 0.15) is 5.82 Å². The van der Waals surface area contributed by atoms with Crippen molar-refractivity contribution >= 4 is 29.1 Å². The van der Waals surface area contributed by atoms with Crippen molar-refractivity contribution in [3.8, 4) is 0 Å². The highest BCUT2D eigenvalue weighted by Crippen LogP contribution is 2.23. The largest absolute Gasteiger partial charge is 0.478 e. The van der Waals surface area contributed by atoms with Crippen LogP contribution in [-0.4, -0.2) is 18.1 Å². The third kappa shape index (κ3) is 3.68. The van der Waals surface area contributed by atoms with Crippen molar-refractivity contribution < 1.29 is 14.3 Å². The minimum Gasteiger partial charge on any atom is -0.478 e. The standard InChI is InChI=1S/C15H14FNO2S/c1-17(14-5-3-2-4-13(14)16)10-12-7-6-11(20-12)8-9-15(18)19/h2-9H,10H2,1H3,(H,18,19). The molecule has 0 saturated heterocycles. The zero-order chi connectivity index (χ0) is 14.5. The summed E-state index contributed by atoms with van der Waals surface area (Å²) in [6.07, 6.45) is 2.66. The fraction of sp³-hybridized carbons (Fsp3) is 0.133. The maximum absolute atomic E-state index is 13.6. The van der Waals surface area contributed by atoms with E-state index in [4.69, 9.17) is 5.11 Å². The monoisotopic (exact) mass is 291 g/mol. The molecule has 5 heteroatoms. The summed E-state index contributed by atoms with van der Waals surface area (Å²) in [5.74, 6) is -1.22. The average Bonchev–Trinajstić information content (AvgIpc) is 2.84. The molecule has 3 nitrogen and oxygen atoms in total. The summed E-state index contributed by atoms with van der Waals surface area (Å²) in [5.41, 5.74) is 0.545. The first-order chi connectivity index (χ1) is 9.56. The first-order valence-corrected chi connectivity index (χ1v) is 6.83. The number of hydrogen-bond acceptors (Lipinski definition) is 3. The van der Waals surface area contributed by atoms with Crippen LogP contribution in [-0.2, 0) is 11.3 Å². The molecule has 2 rings (SSSR count). The van der Waals surface area contributed by atoms with E-state index in [0.717, 1.165) is 15.8 Å². The Balaban J connectivity index is 2.07. The normalized spacial score (nSPS) is 10.9. The van der Waals surface area contributed by atoms with E-state index >= 15 is 0 Å². The Bertz CT molecular complexity index is 636. The quantitative estimate of drug-likeness (QED) is 0.855. The first kappa shape index (κ1) is 14.3. The van der Waals surface area contributed by atoms with Gasteiger partial charge < -0.3 is 10.0 Å². The Morgan fingerprint density at radius 3 is 2.80 bits per heavy atom. The van der Waals surface area contributed by atoms with E-state index in [2.05, 4.69) is 0 Å². The fourth-order valence-corrected chi connectivity index (χ4v) is 2.77. The van der Waals surface area contributed by atoms with E-state index < -0.39 is 5.97 Å². The van der Waals surface area contributed by atoms with Gasteiger partial charge in [0.15, 0.2) is 0 Å². The molecule has 0 aliphatic rings. The third-order valence-corrected chi connectivity index (χ3v) is 3.76. The van der Waals surface area contributed by atoms with Gasteiger partial charge in [-0.1, -0.05) is 12.1 Å². The molecule has 104 valence electrons. The van der Waals surface area contributed by atoms with Crippen molar-refractivity contribution in [3.05, 3.63) is 58.0 Å². The van der Waals surface area contributed by atoms with Crippen molar-refractivity contribution in [2.75, 3.05) is 11.9 Å². The topological polar surface area (TPSA) is 40.5 Å². The zero-order valence-corrected chi connectivity index (χ0v) is 11.7. The van der Waals surface area contributed by atoms with Crippen LogP contribution in [0.5, 0.6) is 0 Å². The lowest BCUT2D eigenvalue weighted by atomic mass is 10.3. The second-order valence-corrected chi connectivity index (χ2v) is 5.48. The van der Waals surface area contributed by atoms with Crippen molar-refractivity contribution in [2.24, 2.45) is 0 Å². The molecule has 0 fully saturated rings. The van der Waals surface area contributed by atoms with E-state index in [1.54, 1.807) is 24.3 Å². The summed E-state index contributed by atoms with van der Waals surface area (Å²) < 4.78 is 13.6. The van der Waals surface area contributed by atoms with Crippen LogP contribution in [0.25, 0.3) is 6.08 Å². The maximum atomic E-state index is 13.6. The number of anilines is 1. The Kier molecular flexibility index (Phi) is 4.53. The number of rotatable bonds is 5. The maximum Gasteiger partial charge on any atom is 0.328 e. The van der Waals surface area contributed by atoms with Crippen molar-refractivity contribution in [1.82, 2.24) is 0 Å². The van der Waals surface area contributed by atoms with Gasteiger partial charge in [-0.25, -0.2) is 9.18 Å². The van der Waals surface area contributed by atoms with Gasteiger partial charge in [0, 0.05) is 22.9 Å². The summed E-state index contributed by atoms with van der Waals surface area (Å²) in [6.45, 7) is 0.576. The Labute approximate surface area is 120 Å². The molecule has 0 atom stereocenters. The second kappa shape index (κ2) is 6.34. The molecule has 0 saturated carbocycles. The molecule has 0 bridgehead atoms. The van der Waals surface area contributed by atoms with Gasteiger partial charge in [0.05, 0.1) is 12.2 Å². The number of carboxylic acids is 1. The van der Waals surface area contributed by atoms with Crippen LogP contribution in [0, 0.1) is 5.82 Å². The minimum atomic E-state index is -0.969. The van der Waals surface area contributed by atoms with Gasteiger partial charge in [0.25, 0.3) is 0 Å². The number of benzene rings is 1. The minimum absolute atomic E-state index is 0.252. The lowest BCUT2D eigenvalue weighted by molar-refractivity contribution is -0.131. The number of carbonyl (C=O) groups is 1. The molecule has 0 amide bonds. The molecule has 0 radical (unpaired) electrons. The number of aliphatic carboxylic acids is 1. The van der Waals surface area contributed by atoms with Crippen molar-refractivity contribution in [2.45, 2.75) is 6.54 Å². The summed E-state index contributed by atoms with van der Waals surface area (Å²) in [6, 6.07) is 10.4. The van der Waals surface area contributed by atoms with Crippen LogP contribution in [0.1, 0.15) is 9.75 Å². The Hall–Kier alpha value is -2.14. The van der Waals surface area contributed by atoms with Gasteiger partial charge in [0.2, 0.25) is 0 Å². The number of thiophene rings is 1. The highest BCUT2D eigenvalue weighted by atomic mass is 32.1. The highest BCUT2D eigenvalue weighted by molar-refractivity contribution is 7.12. The third-order valence-electron chi connectivity index (χ3n) is 2.73. The van der Waals surface area contributed by atoms with E-state index in [9.17, 15) is 9.18 Å². The van der Waals surface area contributed by atoms with Crippen LogP contribution in [0.4, 0.5) is 10.1 Å². The number of para-hydroxylation sites is 1. The summed E-state index contributed by atoms with van der Waals surface area (Å²) >= 11 is 1.49. The molecule has 1 aromatic carbocycles. The molecule has 2 aromatic rings. The molecular weight excluding hydrogens is 277 g/mol. The SMILES string of the molecule is CN(Cc1ccc(C=CC(=O)O)s1)c1ccccc1F. The second-order valence-electron chi connectivity index (χ2n) is 4.28. The van der Waals surface area contributed by atoms with Gasteiger partial charge in [-0.05, 0) is 30.3 Å². The predicted octanol–water partition coefficient (Wildman–Crippen LogP) is 3.62. The van der Waals surface area contributed by atoms with Crippen molar-refractivity contribution in [1.29, 1.82) is 0 Å². The van der Waals surface area contributed by atoms with Gasteiger partial charge in [-0.2, -0.15) is 0 Å². The molecule has 0 spiro atoms. The van der Waals surface area contributed by atoms with E-state index in [0.29, 0.717) is 12.2 Å². The number of halogens is 1. The lowest BCUT2D eigenvalue weighted by Crippen LogP contribution is -2.16. The first-order valence-electron chi connectivity index (χ1n) is 6.01. The summed E-state index contributed by atoms with van der Waals surface area (Å²) in [4.78, 5) is 14.2. The molecule has 0 aliphatic heterocycles. The van der Waals surface area contributed by atoms with Crippen LogP contribution in [0.15, 0.2) is 42.5 Å². The van der Waals surface area contributed by atoms with Gasteiger partial charge >= 0.3 is 5.97 Å². The molecule has 20 heavy (non-hydrogen) atoms. The highest BCUT2D eigenvalue weighted by Gasteiger charge is 2.08. The summed E-state index contributed by atoms with van der Waals surface area (Å²) in [7, 11) is 1.82. The fourth-order valence-electron chi connectivity index (χ4n) is 1.80. The summed E-state index contributed by atoms with van der Waals surface area (Å²) in [5, 5.41) is 8.57. The molecule has 1 aromatic heterocycles. The molecule has 1 N–H and O–H groups in total. The van der Waals surface area contributed by atoms with Crippen molar-refractivity contribution in [3.63, 3.8) is 0 Å². The number of carboxylic acid groups (broad SMARTS) is 1. The van der Waals surface area contributed by atoms with Crippen LogP contribution in [0.2, 0.25) is 0 Å². The number of nitrogens with zero attached hydrogens (tertiary/aromatic N) is 1. The Morgan fingerprint density at radius 1 is 1.35 bits per heavy atom. The van der Waals surface area contributed by atoms with E-state index in [1.165, 1.54) is 17.4 Å². The molecular formula is C15H14FNO2S. The molecule has 0 aliphatic carbocycles. The zero-order valence-electron chi connectivity index (χ0n) is 10.9. The van der Waals surface area contributed by atoms with E-state index in [-0.39, 0.29) is 5.82 Å². The smallest absolute Gasteiger partial charge is 0.328 e. The molecule has 1 heterocycles. The van der Waals surface area contributed by atoms with Gasteiger partial charge in [-0.15, -0.1) is 11.3 Å².